The molecule has 0 aliphatic heterocycles. The molecule has 2 atom stereocenters. The predicted octanol–water partition coefficient (Wildman–Crippen LogP) is 5.32. The first-order valence-corrected chi connectivity index (χ1v) is 6.89. The maximum Gasteiger partial charge on any atom is -0.00407 e. The zero-order valence-corrected chi connectivity index (χ0v) is 11.4. The lowest BCUT2D eigenvalue weighted by atomic mass is 9.91. The smallest absolute Gasteiger partial charge is 0.00407 e. The van der Waals surface area contributed by atoms with E-state index < -0.39 is 0 Å². The molecule has 1 saturated carbocycles. The average Bonchev–Trinajstić information content (AvgIpc) is 3.01. The van der Waals surface area contributed by atoms with Gasteiger partial charge in [0.2, 0.25) is 0 Å². The quantitative estimate of drug-likeness (QED) is 0.598. The van der Waals surface area contributed by atoms with Gasteiger partial charge in [0.1, 0.15) is 0 Å². The number of unbranched alkanes of at least 4 members (excludes halogenated alkanes) is 1. The fraction of sp³-hybridized carbons (Fsp3) is 0.529. The van der Waals surface area contributed by atoms with Gasteiger partial charge >= 0.3 is 0 Å². The Hall–Kier alpha value is -1.04. The van der Waals surface area contributed by atoms with Crippen LogP contribution in [-0.2, 0) is 0 Å². The molecule has 0 nitrogen and oxygen atoms in total. The van der Waals surface area contributed by atoms with Crippen LogP contribution in [0.2, 0.25) is 0 Å². The van der Waals surface area contributed by atoms with Crippen LogP contribution in [-0.4, -0.2) is 0 Å². The second kappa shape index (κ2) is 5.08. The highest BCUT2D eigenvalue weighted by Gasteiger charge is 2.51. The van der Waals surface area contributed by atoms with Gasteiger partial charge in [-0.2, -0.15) is 0 Å². The van der Waals surface area contributed by atoms with Crippen molar-refractivity contribution < 1.29 is 0 Å². The summed E-state index contributed by atoms with van der Waals surface area (Å²) in [4.78, 5) is 0. The predicted molar refractivity (Wildman–Crippen MR) is 75.2 cm³/mol. The molecular formula is C17H24. The maximum absolute atomic E-state index is 2.53. The summed E-state index contributed by atoms with van der Waals surface area (Å²) in [5.74, 6) is 0.769. The standard InChI is InChI=1S/C17H24/c1-4-5-11-17(12-14(2)3)13-16(17)15-9-7-6-8-10-15/h6-10,12,16H,4-5,11,13H2,1-3H3/t16-,17-/m0/s1. The second-order valence-electron chi connectivity index (χ2n) is 5.73. The Morgan fingerprint density at radius 3 is 2.59 bits per heavy atom. The van der Waals surface area contributed by atoms with Crippen LogP contribution in [0.5, 0.6) is 0 Å². The van der Waals surface area contributed by atoms with E-state index in [0.717, 1.165) is 5.92 Å². The van der Waals surface area contributed by atoms with Crippen LogP contribution in [0, 0.1) is 5.41 Å². The van der Waals surface area contributed by atoms with Crippen LogP contribution >= 0.6 is 0 Å². The lowest BCUT2D eigenvalue weighted by Crippen LogP contribution is -2.00. The van der Waals surface area contributed by atoms with Gasteiger partial charge in [0.15, 0.2) is 0 Å². The van der Waals surface area contributed by atoms with Crippen molar-refractivity contribution in [3.8, 4) is 0 Å². The Labute approximate surface area is 106 Å². The molecule has 92 valence electrons. The molecule has 1 aliphatic rings. The van der Waals surface area contributed by atoms with E-state index in [0.29, 0.717) is 5.41 Å². The Kier molecular flexibility index (Phi) is 3.71. The number of hydrogen-bond donors (Lipinski definition) is 0. The van der Waals surface area contributed by atoms with Crippen LogP contribution < -0.4 is 0 Å². The first-order chi connectivity index (χ1) is 8.18. The van der Waals surface area contributed by atoms with Gasteiger partial charge in [-0.3, -0.25) is 0 Å². The van der Waals surface area contributed by atoms with E-state index in [4.69, 9.17) is 0 Å². The summed E-state index contributed by atoms with van der Waals surface area (Å²) in [7, 11) is 0. The van der Waals surface area contributed by atoms with E-state index in [1.165, 1.54) is 36.8 Å². The van der Waals surface area contributed by atoms with E-state index >= 15 is 0 Å². The third kappa shape index (κ3) is 2.80. The highest BCUT2D eigenvalue weighted by atomic mass is 14.5. The lowest BCUT2D eigenvalue weighted by Gasteiger charge is -2.13. The van der Waals surface area contributed by atoms with Crippen LogP contribution in [0.25, 0.3) is 0 Å². The molecule has 0 amide bonds. The van der Waals surface area contributed by atoms with Gasteiger partial charge < -0.3 is 0 Å². The highest BCUT2D eigenvalue weighted by Crippen LogP contribution is 2.63. The summed E-state index contributed by atoms with van der Waals surface area (Å²) < 4.78 is 0. The summed E-state index contributed by atoms with van der Waals surface area (Å²) in [6.07, 6.45) is 7.89. The van der Waals surface area contributed by atoms with Crippen molar-refractivity contribution in [1.29, 1.82) is 0 Å². The van der Waals surface area contributed by atoms with Crippen molar-refractivity contribution in [2.75, 3.05) is 0 Å². The lowest BCUT2D eigenvalue weighted by molar-refractivity contribution is 0.524. The Morgan fingerprint density at radius 1 is 1.29 bits per heavy atom. The number of benzene rings is 1. The summed E-state index contributed by atoms with van der Waals surface area (Å²) in [6, 6.07) is 11.0. The molecule has 0 N–H and O–H groups in total. The van der Waals surface area contributed by atoms with Gasteiger partial charge in [0.25, 0.3) is 0 Å². The summed E-state index contributed by atoms with van der Waals surface area (Å²) in [6.45, 7) is 6.75. The molecule has 2 rings (SSSR count). The van der Waals surface area contributed by atoms with E-state index in [9.17, 15) is 0 Å². The second-order valence-corrected chi connectivity index (χ2v) is 5.73. The Bertz CT molecular complexity index is 384. The molecule has 0 radical (unpaired) electrons. The molecule has 1 aliphatic carbocycles. The number of hydrogen-bond acceptors (Lipinski definition) is 0. The SMILES string of the molecule is CCCC[C@]1(C=C(C)C)C[C@H]1c1ccccc1. The van der Waals surface area contributed by atoms with E-state index in [-0.39, 0.29) is 0 Å². The minimum Gasteiger partial charge on any atom is -0.0798 e. The van der Waals surface area contributed by atoms with Crippen molar-refractivity contribution >= 4 is 0 Å². The molecule has 0 unspecified atom stereocenters. The summed E-state index contributed by atoms with van der Waals surface area (Å²) >= 11 is 0. The molecule has 0 saturated heterocycles. The maximum atomic E-state index is 2.53. The Balaban J connectivity index is 2.14. The fourth-order valence-electron chi connectivity index (χ4n) is 3.05. The zero-order valence-electron chi connectivity index (χ0n) is 11.4. The molecular weight excluding hydrogens is 204 g/mol. The molecule has 1 fully saturated rings. The average molecular weight is 228 g/mol. The Morgan fingerprint density at radius 2 is 2.00 bits per heavy atom. The largest absolute Gasteiger partial charge is 0.0798 e. The van der Waals surface area contributed by atoms with Gasteiger partial charge in [-0.1, -0.05) is 61.7 Å². The van der Waals surface area contributed by atoms with Crippen LogP contribution in [0.15, 0.2) is 42.0 Å². The molecule has 0 aromatic heterocycles. The molecule has 0 spiro atoms. The minimum absolute atomic E-state index is 0.482. The molecule has 0 bridgehead atoms. The number of allylic oxidation sites excluding steroid dienone is 2. The van der Waals surface area contributed by atoms with Crippen LogP contribution in [0.4, 0.5) is 0 Å². The highest BCUT2D eigenvalue weighted by molar-refractivity contribution is 5.34. The van der Waals surface area contributed by atoms with Crippen molar-refractivity contribution in [3.63, 3.8) is 0 Å². The van der Waals surface area contributed by atoms with Gasteiger partial charge in [-0.25, -0.2) is 0 Å². The van der Waals surface area contributed by atoms with Gasteiger partial charge in [0, 0.05) is 0 Å². The van der Waals surface area contributed by atoms with Gasteiger partial charge in [-0.05, 0) is 43.6 Å². The van der Waals surface area contributed by atoms with Gasteiger partial charge in [-0.15, -0.1) is 0 Å². The number of rotatable bonds is 5. The normalized spacial score (nSPS) is 26.6. The topological polar surface area (TPSA) is 0 Å². The van der Waals surface area contributed by atoms with Crippen molar-refractivity contribution in [3.05, 3.63) is 47.5 Å². The van der Waals surface area contributed by atoms with Crippen LogP contribution in [0.3, 0.4) is 0 Å². The summed E-state index contributed by atoms with van der Waals surface area (Å²) in [5, 5.41) is 0. The monoisotopic (exact) mass is 228 g/mol. The third-order valence-electron chi connectivity index (χ3n) is 3.89. The molecule has 0 heterocycles. The van der Waals surface area contributed by atoms with Gasteiger partial charge in [0.05, 0.1) is 0 Å². The molecule has 17 heavy (non-hydrogen) atoms. The third-order valence-corrected chi connectivity index (χ3v) is 3.89. The molecule has 1 aromatic rings. The minimum atomic E-state index is 0.482. The zero-order chi connectivity index (χ0) is 12.3. The van der Waals surface area contributed by atoms with Crippen molar-refractivity contribution in [2.24, 2.45) is 5.41 Å². The van der Waals surface area contributed by atoms with E-state index in [1.54, 1.807) is 0 Å². The van der Waals surface area contributed by atoms with Crippen molar-refractivity contribution in [2.45, 2.75) is 52.4 Å². The first-order valence-electron chi connectivity index (χ1n) is 6.89. The fourth-order valence-corrected chi connectivity index (χ4v) is 3.05. The van der Waals surface area contributed by atoms with Crippen molar-refractivity contribution in [1.82, 2.24) is 0 Å². The molecule has 0 heteroatoms. The van der Waals surface area contributed by atoms with Crippen LogP contribution in [0.1, 0.15) is 57.9 Å². The van der Waals surface area contributed by atoms with E-state index in [2.05, 4.69) is 57.2 Å². The van der Waals surface area contributed by atoms with E-state index in [1.807, 2.05) is 0 Å². The first kappa shape index (κ1) is 12.4. The summed E-state index contributed by atoms with van der Waals surface area (Å²) in [5.41, 5.74) is 3.48. The molecule has 1 aromatic carbocycles.